The summed E-state index contributed by atoms with van der Waals surface area (Å²) in [4.78, 5) is 44.9. The van der Waals surface area contributed by atoms with Crippen molar-refractivity contribution in [1.29, 1.82) is 5.41 Å². The molecular formula is C47H45BrCl4F4N8O13S2. The Kier molecular flexibility index (Phi) is 18.5. The van der Waals surface area contributed by atoms with E-state index in [1.165, 1.54) is 29.6 Å². The summed E-state index contributed by atoms with van der Waals surface area (Å²) in [6.45, 7) is 2.22. The number of nitrogens with zero attached hydrogens (tertiary/aromatic N) is 2. The van der Waals surface area contributed by atoms with E-state index in [1.807, 2.05) is 0 Å². The lowest BCUT2D eigenvalue weighted by molar-refractivity contribution is -0.114. The Labute approximate surface area is 474 Å². The number of urea groups is 1. The summed E-state index contributed by atoms with van der Waals surface area (Å²) in [5, 5.41) is 41.1. The predicted molar refractivity (Wildman–Crippen MR) is 283 cm³/mol. The van der Waals surface area contributed by atoms with Crippen LogP contribution in [0.2, 0.25) is 20.1 Å². The molecular weight excluding hydrogens is 1250 g/mol. The number of aliphatic hydroxyl groups excluding tert-OH is 1. The highest BCUT2D eigenvalue weighted by Crippen LogP contribution is 2.59. The van der Waals surface area contributed by atoms with Crippen molar-refractivity contribution in [3.05, 3.63) is 112 Å². The van der Waals surface area contributed by atoms with Crippen LogP contribution in [0.4, 0.5) is 22.4 Å². The Balaban J connectivity index is 0.000000198. The van der Waals surface area contributed by atoms with Gasteiger partial charge in [0.25, 0.3) is 24.3 Å². The van der Waals surface area contributed by atoms with E-state index in [9.17, 15) is 68.9 Å². The van der Waals surface area contributed by atoms with Crippen LogP contribution in [-0.2, 0) is 24.8 Å². The molecule has 3 amide bonds. The molecule has 0 aliphatic heterocycles. The number of halogens is 9. The monoisotopic (exact) mass is 1290 g/mol. The number of sulfonamides is 2. The van der Waals surface area contributed by atoms with E-state index in [0.29, 0.717) is 40.3 Å². The van der Waals surface area contributed by atoms with E-state index in [-0.39, 0.29) is 83.0 Å². The van der Waals surface area contributed by atoms with Gasteiger partial charge in [-0.05, 0) is 117 Å². The number of aromatic amines is 1. The zero-order chi connectivity index (χ0) is 58.3. The summed E-state index contributed by atoms with van der Waals surface area (Å²) in [6, 6.07) is 11.2. The lowest BCUT2D eigenvalue weighted by Crippen LogP contribution is -2.57. The number of aromatic nitrogens is 3. The third kappa shape index (κ3) is 14.3. The molecule has 1 heterocycles. The number of nitrogens with two attached hydrogens (primary N) is 1. The average molecular weight is 1290 g/mol. The van der Waals surface area contributed by atoms with Gasteiger partial charge in [-0.25, -0.2) is 53.4 Å². The van der Waals surface area contributed by atoms with Gasteiger partial charge in [-0.15, -0.1) is 0 Å². The van der Waals surface area contributed by atoms with E-state index < -0.39 is 78.1 Å². The molecule has 0 radical (unpaired) electrons. The van der Waals surface area contributed by atoms with Gasteiger partial charge >= 0.3 is 11.7 Å². The molecule has 10 N–H and O–H groups in total. The highest BCUT2D eigenvalue weighted by Gasteiger charge is 2.54. The van der Waals surface area contributed by atoms with Crippen LogP contribution in [0, 0.1) is 22.2 Å². The van der Waals surface area contributed by atoms with Gasteiger partial charge in [0, 0.05) is 28.7 Å². The third-order valence-corrected chi connectivity index (χ3v) is 17.8. The summed E-state index contributed by atoms with van der Waals surface area (Å²) >= 11 is 28.2. The van der Waals surface area contributed by atoms with Gasteiger partial charge < -0.3 is 30.5 Å². The number of phenols is 2. The summed E-state index contributed by atoms with van der Waals surface area (Å²) in [6.07, 6.45) is -0.334. The largest absolute Gasteiger partial charge is 0.507 e. The molecule has 21 nitrogen and oxygen atoms in total. The summed E-state index contributed by atoms with van der Waals surface area (Å²) in [5.74, 6) is -1.43. The number of imide groups is 1. The number of H-pyrrole nitrogens is 1. The molecule has 9 rings (SSSR count). The van der Waals surface area contributed by atoms with Crippen molar-refractivity contribution >= 4 is 100 Å². The van der Waals surface area contributed by atoms with Crippen molar-refractivity contribution in [1.82, 2.24) is 29.5 Å². The van der Waals surface area contributed by atoms with Gasteiger partial charge in [0.1, 0.15) is 32.8 Å². The van der Waals surface area contributed by atoms with Gasteiger partial charge in [-0.2, -0.15) is 9.78 Å². The maximum absolute atomic E-state index is 13.1. The molecule has 0 atom stereocenters. The molecule has 2 spiro atoms. The Morgan fingerprint density at radius 2 is 1.20 bits per heavy atom. The first-order chi connectivity index (χ1) is 36.8. The van der Waals surface area contributed by atoms with Crippen LogP contribution >= 0.6 is 62.3 Å². The van der Waals surface area contributed by atoms with Crippen LogP contribution in [0.3, 0.4) is 0 Å². The fourth-order valence-corrected chi connectivity index (χ4v) is 14.4. The fourth-order valence-electron chi connectivity index (χ4n) is 9.91. The second kappa shape index (κ2) is 23.9. The lowest BCUT2D eigenvalue weighted by atomic mass is 9.50. The normalized spacial score (nSPS) is 22.0. The third-order valence-electron chi connectivity index (χ3n) is 13.1. The summed E-state index contributed by atoms with van der Waals surface area (Å²) in [5.41, 5.74) is -0.574. The Morgan fingerprint density at radius 1 is 0.772 bits per heavy atom. The molecule has 0 saturated heterocycles. The highest BCUT2D eigenvalue weighted by molar-refractivity contribution is 9.10. The molecule has 4 aromatic carbocycles. The molecule has 4 fully saturated rings. The zero-order valence-electron chi connectivity index (χ0n) is 40.5. The maximum Gasteiger partial charge on any atom is 0.349 e. The minimum absolute atomic E-state index is 0.0317. The Morgan fingerprint density at radius 3 is 1.59 bits per heavy atom. The number of phenolic OH excluding ortho intramolecular Hbond substituents is 2. The summed E-state index contributed by atoms with van der Waals surface area (Å²) < 4.78 is 119. The number of benzene rings is 4. The first kappa shape index (κ1) is 61.1. The SMILES string of the molecule is CC1CC2(C1)CC(NS(=O)(=O)c1cc(Oc3c(Cl)cc(Br)cc3Cl)ccc1O)C2.N=C(C(=O)NC(N)=O)C(F)F.O=c1[nH]c(=O)n(-c2cc(Cl)c(Oc3ccc(O)c(S(=O)(=O)NC4CC5(CC(O)C5)C4)c3)c(Cl)c2)nc1C(F)F. The number of hydrogen-bond acceptors (Lipinski definition) is 15. The number of ether oxygens (including phenoxy) is 2. The number of hydrogen-bond donors (Lipinski definition) is 9. The molecule has 0 unspecified atom stereocenters. The number of rotatable bonds is 14. The number of carbonyl (C=O) groups is 2. The van der Waals surface area contributed by atoms with Gasteiger partial charge in [-0.1, -0.05) is 69.3 Å². The minimum atomic E-state index is -4.14. The van der Waals surface area contributed by atoms with Crippen LogP contribution < -0.4 is 41.2 Å². The Hall–Kier alpha value is -5.56. The van der Waals surface area contributed by atoms with Gasteiger partial charge in [-0.3, -0.25) is 25.3 Å². The maximum atomic E-state index is 13.1. The topological polar surface area (TPSA) is 335 Å². The number of carbonyl (C=O) groups excluding carboxylic acids is 2. The second-order valence-corrected chi connectivity index (χ2v) is 25.2. The Bertz CT molecular complexity index is 3530. The minimum Gasteiger partial charge on any atom is -0.507 e. The number of alkyl halides is 4. The second-order valence-electron chi connectivity index (χ2n) is 19.3. The van der Waals surface area contributed by atoms with Crippen molar-refractivity contribution in [2.75, 3.05) is 0 Å². The standard InChI is InChI=1S/C23H20Cl2F2N4O7S.C20H20BrCl2NO4S.C4H5F2N3O2/c24-14-3-11(31-22(35)28-21(34)18(29-31)20(26)27)4-15(25)19(14)38-13-1-2-16(33)17(5-13)39(36,37)30-10-6-23(7-10)8-12(32)9-23;1-11-7-20(8-11)9-13(10-20)24-29(26,27)18-6-14(2-3-17(18)25)28-19-15(22)4-12(21)5-16(19)23;5-2(6)1(7)3(10)9-4(8)11/h1-5,10,12,20,30,32-33H,6-9H2,(H,28,34,35);2-6,11,13,24-25H,7-10H2,1H3;2,7H,(H3,8,9,10,11). The molecule has 5 aromatic rings. The lowest BCUT2D eigenvalue weighted by Gasteiger charge is -2.57. The smallest absolute Gasteiger partial charge is 0.349 e. The fraction of sp³-hybridized carbons (Fsp3) is 0.362. The average Bonchev–Trinajstić information content (AvgIpc) is 3.42. The molecule has 1 aromatic heterocycles. The van der Waals surface area contributed by atoms with Crippen LogP contribution in [0.15, 0.2) is 84.5 Å². The van der Waals surface area contributed by atoms with Crippen LogP contribution in [-0.4, -0.2) is 89.2 Å². The van der Waals surface area contributed by atoms with Crippen molar-refractivity contribution < 1.29 is 68.8 Å². The zero-order valence-corrected chi connectivity index (χ0v) is 46.8. The van der Waals surface area contributed by atoms with E-state index in [1.54, 1.807) is 17.1 Å². The predicted octanol–water partition coefficient (Wildman–Crippen LogP) is 8.82. The highest BCUT2D eigenvalue weighted by atomic mass is 79.9. The molecule has 4 aliphatic carbocycles. The number of aromatic hydroxyl groups is 2. The molecule has 4 saturated carbocycles. The molecule has 426 valence electrons. The van der Waals surface area contributed by atoms with E-state index in [4.69, 9.17) is 61.3 Å². The van der Waals surface area contributed by atoms with Gasteiger partial charge in [0.05, 0.1) is 31.9 Å². The molecule has 32 heteroatoms. The van der Waals surface area contributed by atoms with Crippen molar-refractivity contribution in [2.24, 2.45) is 22.5 Å². The van der Waals surface area contributed by atoms with Crippen LogP contribution in [0.5, 0.6) is 34.5 Å². The van der Waals surface area contributed by atoms with Gasteiger partial charge in [0.2, 0.25) is 20.0 Å². The number of primary amides is 1. The van der Waals surface area contributed by atoms with E-state index >= 15 is 0 Å². The van der Waals surface area contributed by atoms with E-state index in [0.717, 1.165) is 55.9 Å². The number of aliphatic hydroxyl groups is 1. The first-order valence-electron chi connectivity index (χ1n) is 23.2. The van der Waals surface area contributed by atoms with Crippen LogP contribution in [0.1, 0.15) is 70.4 Å². The van der Waals surface area contributed by atoms with Crippen molar-refractivity contribution in [3.8, 4) is 40.2 Å². The van der Waals surface area contributed by atoms with Crippen molar-refractivity contribution in [2.45, 2.75) is 99.1 Å². The first-order valence-corrected chi connectivity index (χ1v) is 28.4. The number of nitrogens with one attached hydrogen (secondary N) is 5. The molecule has 0 bridgehead atoms. The van der Waals surface area contributed by atoms with Gasteiger partial charge in [0.15, 0.2) is 22.9 Å². The molecule has 79 heavy (non-hydrogen) atoms. The van der Waals surface area contributed by atoms with Crippen molar-refractivity contribution in [3.63, 3.8) is 0 Å². The van der Waals surface area contributed by atoms with E-state index in [2.05, 4.69) is 43.1 Å². The number of amides is 3. The quantitative estimate of drug-likeness (QED) is 0.0371. The van der Waals surface area contributed by atoms with Crippen LogP contribution in [0.25, 0.3) is 5.69 Å². The summed E-state index contributed by atoms with van der Waals surface area (Å²) in [7, 11) is -8.04. The molecule has 4 aliphatic rings.